The standard InChI is InChI=1S/C25H20O5/c1-16(25(27)28-2)29-20-12-13-21-22(15-20)30-23(24(21)26)14-17-8-10-19(11-9-17)18-6-4-3-5-7-18/h3-16H,1-2H3/b23-14+/t16-/m1/s1. The summed E-state index contributed by atoms with van der Waals surface area (Å²) in [5.74, 6) is 0.405. The molecule has 0 radical (unpaired) electrons. The highest BCUT2D eigenvalue weighted by Gasteiger charge is 2.28. The molecule has 0 aliphatic carbocycles. The number of esters is 1. The van der Waals surface area contributed by atoms with Gasteiger partial charge in [0.1, 0.15) is 11.5 Å². The predicted molar refractivity (Wildman–Crippen MR) is 113 cm³/mol. The van der Waals surface area contributed by atoms with E-state index in [4.69, 9.17) is 9.47 Å². The molecule has 0 saturated carbocycles. The van der Waals surface area contributed by atoms with Crippen molar-refractivity contribution in [1.82, 2.24) is 0 Å². The molecule has 3 aromatic carbocycles. The normalized spacial score (nSPS) is 14.7. The number of carbonyl (C=O) groups excluding carboxylic acids is 2. The maximum Gasteiger partial charge on any atom is 0.346 e. The number of fused-ring (bicyclic) bond motifs is 1. The van der Waals surface area contributed by atoms with Crippen LogP contribution in [-0.4, -0.2) is 25.0 Å². The predicted octanol–water partition coefficient (Wildman–Crippen LogP) is 4.91. The van der Waals surface area contributed by atoms with E-state index in [2.05, 4.69) is 16.9 Å². The van der Waals surface area contributed by atoms with Gasteiger partial charge in [0, 0.05) is 6.07 Å². The Labute approximate surface area is 174 Å². The third-order valence-corrected chi connectivity index (χ3v) is 4.80. The smallest absolute Gasteiger partial charge is 0.346 e. The van der Waals surface area contributed by atoms with E-state index in [9.17, 15) is 9.59 Å². The van der Waals surface area contributed by atoms with Crippen molar-refractivity contribution in [1.29, 1.82) is 0 Å². The van der Waals surface area contributed by atoms with Crippen LogP contribution in [0, 0.1) is 0 Å². The number of rotatable bonds is 5. The summed E-state index contributed by atoms with van der Waals surface area (Å²) in [6.07, 6.45) is 0.956. The maximum absolute atomic E-state index is 12.7. The summed E-state index contributed by atoms with van der Waals surface area (Å²) in [4.78, 5) is 24.2. The van der Waals surface area contributed by atoms with E-state index in [1.165, 1.54) is 7.11 Å². The Balaban J connectivity index is 1.52. The van der Waals surface area contributed by atoms with Crippen LogP contribution in [0.25, 0.3) is 17.2 Å². The molecule has 0 spiro atoms. The molecular formula is C25H20O5. The van der Waals surface area contributed by atoms with Crippen LogP contribution in [0.1, 0.15) is 22.8 Å². The lowest BCUT2D eigenvalue weighted by atomic mass is 10.0. The van der Waals surface area contributed by atoms with E-state index in [1.54, 1.807) is 31.2 Å². The van der Waals surface area contributed by atoms with Crippen molar-refractivity contribution in [3.63, 3.8) is 0 Å². The summed E-state index contributed by atoms with van der Waals surface area (Å²) >= 11 is 0. The third-order valence-electron chi connectivity index (χ3n) is 4.80. The van der Waals surface area contributed by atoms with Gasteiger partial charge in [0.15, 0.2) is 11.9 Å². The van der Waals surface area contributed by atoms with Gasteiger partial charge >= 0.3 is 5.97 Å². The number of hydrogen-bond acceptors (Lipinski definition) is 5. The van der Waals surface area contributed by atoms with Gasteiger partial charge in [-0.3, -0.25) is 4.79 Å². The Morgan fingerprint density at radius 2 is 1.67 bits per heavy atom. The number of ketones is 1. The van der Waals surface area contributed by atoms with E-state index in [0.717, 1.165) is 16.7 Å². The van der Waals surface area contributed by atoms with E-state index < -0.39 is 12.1 Å². The fourth-order valence-electron chi connectivity index (χ4n) is 3.21. The van der Waals surface area contributed by atoms with Crippen LogP contribution < -0.4 is 9.47 Å². The second-order valence-electron chi connectivity index (χ2n) is 6.87. The van der Waals surface area contributed by atoms with E-state index >= 15 is 0 Å². The highest BCUT2D eigenvalue weighted by molar-refractivity contribution is 6.14. The SMILES string of the molecule is COC(=O)[C@@H](C)Oc1ccc2c(c1)O/C(=C/c1ccc(-c3ccccc3)cc1)C2=O. The number of hydrogen-bond donors (Lipinski definition) is 0. The molecule has 30 heavy (non-hydrogen) atoms. The number of methoxy groups -OCH3 is 1. The molecular weight excluding hydrogens is 380 g/mol. The molecule has 5 heteroatoms. The summed E-state index contributed by atoms with van der Waals surface area (Å²) in [6, 6.07) is 22.9. The van der Waals surface area contributed by atoms with E-state index in [0.29, 0.717) is 17.1 Å². The zero-order chi connectivity index (χ0) is 21.1. The minimum Gasteiger partial charge on any atom is -0.479 e. The van der Waals surface area contributed by atoms with Gasteiger partial charge in [-0.1, -0.05) is 54.6 Å². The zero-order valence-electron chi connectivity index (χ0n) is 16.6. The second kappa shape index (κ2) is 8.25. The van der Waals surface area contributed by atoms with Crippen LogP contribution >= 0.6 is 0 Å². The van der Waals surface area contributed by atoms with Crippen LogP contribution in [0.3, 0.4) is 0 Å². The monoisotopic (exact) mass is 400 g/mol. The van der Waals surface area contributed by atoms with Gasteiger partial charge in [-0.05, 0) is 41.8 Å². The first-order chi connectivity index (χ1) is 14.5. The molecule has 3 aromatic rings. The minimum absolute atomic E-state index is 0.190. The van der Waals surface area contributed by atoms with Gasteiger partial charge in [0.05, 0.1) is 12.7 Å². The molecule has 0 saturated heterocycles. The average molecular weight is 400 g/mol. The van der Waals surface area contributed by atoms with Gasteiger partial charge in [0.25, 0.3) is 0 Å². The van der Waals surface area contributed by atoms with Gasteiger partial charge in [-0.2, -0.15) is 0 Å². The van der Waals surface area contributed by atoms with Gasteiger partial charge in [0.2, 0.25) is 5.78 Å². The summed E-state index contributed by atoms with van der Waals surface area (Å²) in [5.41, 5.74) is 3.55. The van der Waals surface area contributed by atoms with Crippen LogP contribution in [-0.2, 0) is 9.53 Å². The van der Waals surface area contributed by atoms with Gasteiger partial charge in [-0.15, -0.1) is 0 Å². The van der Waals surface area contributed by atoms with Crippen molar-refractivity contribution < 1.29 is 23.8 Å². The topological polar surface area (TPSA) is 61.8 Å². The minimum atomic E-state index is -0.761. The Morgan fingerprint density at radius 1 is 0.967 bits per heavy atom. The van der Waals surface area contributed by atoms with Crippen molar-refractivity contribution in [2.75, 3.05) is 7.11 Å². The Hall–Kier alpha value is -3.86. The molecule has 1 aliphatic heterocycles. The van der Waals surface area contributed by atoms with Crippen molar-refractivity contribution in [2.24, 2.45) is 0 Å². The third kappa shape index (κ3) is 3.96. The summed E-state index contributed by atoms with van der Waals surface area (Å²) in [6.45, 7) is 1.59. The first kappa shape index (κ1) is 19.5. The van der Waals surface area contributed by atoms with Crippen LogP contribution in [0.15, 0.2) is 78.6 Å². The molecule has 1 aliphatic rings. The van der Waals surface area contributed by atoms with Crippen LogP contribution in [0.2, 0.25) is 0 Å². The Bertz CT molecular complexity index is 1110. The summed E-state index contributed by atoms with van der Waals surface area (Å²) in [5, 5.41) is 0. The fourth-order valence-corrected chi connectivity index (χ4v) is 3.21. The molecule has 4 rings (SSSR count). The van der Waals surface area contributed by atoms with E-state index in [1.807, 2.05) is 42.5 Å². The highest BCUT2D eigenvalue weighted by Crippen LogP contribution is 2.35. The number of ether oxygens (including phenoxy) is 3. The molecule has 5 nitrogen and oxygen atoms in total. The Kier molecular flexibility index (Phi) is 5.35. The summed E-state index contributed by atoms with van der Waals surface area (Å²) in [7, 11) is 1.30. The first-order valence-corrected chi connectivity index (χ1v) is 9.53. The maximum atomic E-state index is 12.7. The van der Waals surface area contributed by atoms with E-state index in [-0.39, 0.29) is 11.5 Å². The average Bonchev–Trinajstić information content (AvgIpc) is 3.08. The second-order valence-corrected chi connectivity index (χ2v) is 6.87. The number of allylic oxidation sites excluding steroid dienone is 1. The molecule has 0 aromatic heterocycles. The first-order valence-electron chi connectivity index (χ1n) is 9.53. The molecule has 0 amide bonds. The van der Waals surface area contributed by atoms with Gasteiger partial charge < -0.3 is 14.2 Å². The van der Waals surface area contributed by atoms with Gasteiger partial charge in [-0.25, -0.2) is 4.79 Å². The number of benzene rings is 3. The van der Waals surface area contributed by atoms with Crippen molar-refractivity contribution in [3.8, 4) is 22.6 Å². The zero-order valence-corrected chi connectivity index (χ0v) is 16.6. The lowest BCUT2D eigenvalue weighted by Crippen LogP contribution is -2.24. The van der Waals surface area contributed by atoms with Crippen molar-refractivity contribution in [2.45, 2.75) is 13.0 Å². The highest BCUT2D eigenvalue weighted by atomic mass is 16.6. The van der Waals surface area contributed by atoms with Crippen molar-refractivity contribution >= 4 is 17.8 Å². The summed E-state index contributed by atoms with van der Waals surface area (Å²) < 4.78 is 16.0. The molecule has 0 N–H and O–H groups in total. The molecule has 1 heterocycles. The lowest BCUT2D eigenvalue weighted by Gasteiger charge is -2.12. The quantitative estimate of drug-likeness (QED) is 0.450. The molecule has 1 atom stereocenters. The van der Waals surface area contributed by atoms with Crippen LogP contribution in [0.4, 0.5) is 0 Å². The molecule has 150 valence electrons. The molecule has 0 fully saturated rings. The molecule has 0 unspecified atom stereocenters. The number of carbonyl (C=O) groups is 2. The van der Waals surface area contributed by atoms with Crippen molar-refractivity contribution in [3.05, 3.63) is 89.7 Å². The lowest BCUT2D eigenvalue weighted by molar-refractivity contribution is -0.147. The molecule has 0 bridgehead atoms. The number of Topliss-reactive ketones (excluding diaryl/α,β-unsaturated/α-hetero) is 1. The Morgan fingerprint density at radius 3 is 2.37 bits per heavy atom. The largest absolute Gasteiger partial charge is 0.479 e. The fraction of sp³-hybridized carbons (Fsp3) is 0.120. The van der Waals surface area contributed by atoms with Crippen LogP contribution in [0.5, 0.6) is 11.5 Å².